The van der Waals surface area contributed by atoms with Crippen molar-refractivity contribution in [1.29, 1.82) is 0 Å². The van der Waals surface area contributed by atoms with Crippen LogP contribution in [0.2, 0.25) is 5.02 Å². The Bertz CT molecular complexity index is 1360. The zero-order chi connectivity index (χ0) is 30.7. The average molecular weight is 613 g/mol. The van der Waals surface area contributed by atoms with E-state index in [1.54, 1.807) is 13.8 Å². The van der Waals surface area contributed by atoms with Gasteiger partial charge in [-0.3, -0.25) is 14.9 Å². The fourth-order valence-corrected chi connectivity index (χ4v) is 4.86. The van der Waals surface area contributed by atoms with Gasteiger partial charge in [0.05, 0.1) is 35.5 Å². The lowest BCUT2D eigenvalue weighted by Gasteiger charge is -2.24. The first-order chi connectivity index (χ1) is 19.3. The number of hydrogen-bond acceptors (Lipinski definition) is 11. The predicted octanol–water partition coefficient (Wildman–Crippen LogP) is 1.65. The molecule has 0 saturated heterocycles. The van der Waals surface area contributed by atoms with E-state index in [9.17, 15) is 32.7 Å². The number of ketones is 1. The Morgan fingerprint density at radius 2 is 1.68 bits per heavy atom. The van der Waals surface area contributed by atoms with E-state index in [4.69, 9.17) is 26.2 Å². The first kappa shape index (κ1) is 33.6. The molecule has 0 aliphatic rings. The van der Waals surface area contributed by atoms with Crippen molar-refractivity contribution in [2.75, 3.05) is 18.6 Å². The quantitative estimate of drug-likeness (QED) is 0.104. The van der Waals surface area contributed by atoms with Crippen LogP contribution >= 0.6 is 11.6 Å². The molecule has 0 heterocycles. The number of hydrogen-bond donors (Lipinski definition) is 5. The average Bonchev–Trinajstić information content (AvgIpc) is 2.91. The molecule has 0 aromatic heterocycles. The van der Waals surface area contributed by atoms with Gasteiger partial charge in [0.1, 0.15) is 10.9 Å². The maximum Gasteiger partial charge on any atom is 0.338 e. The molecular formula is C26H33ClN4O9S. The number of anilines is 1. The summed E-state index contributed by atoms with van der Waals surface area (Å²) >= 11 is 6.16. The lowest BCUT2D eigenvalue weighted by Crippen LogP contribution is -2.55. The van der Waals surface area contributed by atoms with Gasteiger partial charge >= 0.3 is 17.9 Å². The molecule has 3 atom stereocenters. The monoisotopic (exact) mass is 612 g/mol. The second-order valence-corrected chi connectivity index (χ2v) is 10.7. The molecule has 0 bridgehead atoms. The minimum Gasteiger partial charge on any atom is -0.480 e. The molecule has 13 nitrogen and oxygen atoms in total. The zero-order valence-electron chi connectivity index (χ0n) is 22.7. The number of carbonyl (C=O) groups excluding carboxylic acids is 3. The number of rotatable bonds is 16. The van der Waals surface area contributed by atoms with E-state index in [0.29, 0.717) is 6.42 Å². The molecule has 224 valence electrons. The van der Waals surface area contributed by atoms with Crippen LogP contribution in [0.4, 0.5) is 5.69 Å². The highest BCUT2D eigenvalue weighted by Crippen LogP contribution is 2.30. The normalized spacial score (nSPS) is 13.5. The largest absolute Gasteiger partial charge is 0.480 e. The van der Waals surface area contributed by atoms with Crippen LogP contribution in [0.1, 0.15) is 43.1 Å². The summed E-state index contributed by atoms with van der Waals surface area (Å²) in [7, 11) is -4.41. The minimum absolute atomic E-state index is 0.00813. The molecule has 0 spiro atoms. The maximum atomic E-state index is 13.1. The number of nitrogens with two attached hydrogens (primary N) is 1. The van der Waals surface area contributed by atoms with E-state index < -0.39 is 61.8 Å². The van der Waals surface area contributed by atoms with E-state index in [-0.39, 0.29) is 30.9 Å². The van der Waals surface area contributed by atoms with Crippen LogP contribution in [0.3, 0.4) is 0 Å². The second kappa shape index (κ2) is 15.4. The Morgan fingerprint density at radius 1 is 1.05 bits per heavy atom. The standard InChI is InChI=1S/C26H33ClN4O9S/c1-4-39-25(35)17-13-19(21(27)20(14-17)41(28,37)38)30-31-22(24(33)34)23(32)15(3)29-18(26(36)40-5-2)12-11-16-9-7-6-8-10-16/h6-10,13-15,18,22,29-31H,4-5,11-12H2,1-3H3,(H,33,34)(H2,28,37,38)/t15-,18-,22?/m0/s1. The van der Waals surface area contributed by atoms with Crippen molar-refractivity contribution in [1.82, 2.24) is 10.7 Å². The highest BCUT2D eigenvalue weighted by atomic mass is 35.5. The Balaban J connectivity index is 2.25. The molecular weight excluding hydrogens is 580 g/mol. The summed E-state index contributed by atoms with van der Waals surface area (Å²) in [4.78, 5) is 49.3. The van der Waals surface area contributed by atoms with E-state index in [2.05, 4.69) is 16.2 Å². The molecule has 6 N–H and O–H groups in total. The molecule has 2 rings (SSSR count). The van der Waals surface area contributed by atoms with Gasteiger partial charge in [-0.25, -0.2) is 28.6 Å². The number of benzene rings is 2. The summed E-state index contributed by atoms with van der Waals surface area (Å²) in [5, 5.41) is 17.3. The van der Waals surface area contributed by atoms with Crippen molar-refractivity contribution in [3.8, 4) is 0 Å². The van der Waals surface area contributed by atoms with Crippen molar-refractivity contribution >= 4 is 51.0 Å². The topological polar surface area (TPSA) is 203 Å². The smallest absolute Gasteiger partial charge is 0.338 e. The number of carboxylic acid groups (broad SMARTS) is 1. The summed E-state index contributed by atoms with van der Waals surface area (Å²) in [5.41, 5.74) is 5.14. The van der Waals surface area contributed by atoms with E-state index in [0.717, 1.165) is 17.7 Å². The SMILES string of the molecule is CCOC(=O)c1cc(NNC(C(=O)O)C(=O)[C@H](C)N[C@@H](CCc2ccccc2)C(=O)OCC)c(Cl)c(S(N)(=O)=O)c1. The van der Waals surface area contributed by atoms with Gasteiger partial charge in [-0.2, -0.15) is 0 Å². The number of aliphatic carboxylic acids is 1. The second-order valence-electron chi connectivity index (χ2n) is 8.76. The fraction of sp³-hybridized carbons (Fsp3) is 0.385. The molecule has 2 aromatic rings. The summed E-state index contributed by atoms with van der Waals surface area (Å²) in [6, 6.07) is 7.40. The number of halogens is 1. The van der Waals surface area contributed by atoms with Crippen LogP contribution in [0, 0.1) is 0 Å². The summed E-state index contributed by atoms with van der Waals surface area (Å²) < 4.78 is 34.1. The Kier molecular flexibility index (Phi) is 12.7. The van der Waals surface area contributed by atoms with Gasteiger partial charge in [0, 0.05) is 0 Å². The minimum atomic E-state index is -4.41. The van der Waals surface area contributed by atoms with Crippen LogP contribution < -0.4 is 21.3 Å². The van der Waals surface area contributed by atoms with Crippen LogP contribution in [0.15, 0.2) is 47.4 Å². The molecule has 2 aromatic carbocycles. The van der Waals surface area contributed by atoms with Crippen molar-refractivity contribution < 1.29 is 42.2 Å². The summed E-state index contributed by atoms with van der Waals surface area (Å²) in [5.74, 6) is -3.94. The molecule has 15 heteroatoms. The number of nitrogens with one attached hydrogen (secondary N) is 3. The molecule has 0 aliphatic heterocycles. The van der Waals surface area contributed by atoms with Crippen LogP contribution in [0.5, 0.6) is 0 Å². The number of ether oxygens (including phenoxy) is 2. The van der Waals surface area contributed by atoms with Gasteiger partial charge in [-0.1, -0.05) is 41.9 Å². The van der Waals surface area contributed by atoms with E-state index in [1.807, 2.05) is 30.3 Å². The number of carbonyl (C=O) groups is 4. The molecule has 0 saturated carbocycles. The van der Waals surface area contributed by atoms with Gasteiger partial charge in [0.2, 0.25) is 10.0 Å². The third-order valence-corrected chi connectivity index (χ3v) is 7.21. The van der Waals surface area contributed by atoms with Crippen LogP contribution in [-0.4, -0.2) is 68.6 Å². The Labute approximate surface area is 242 Å². The highest BCUT2D eigenvalue weighted by Gasteiger charge is 2.33. The number of aryl methyl sites for hydroxylation is 1. The Morgan fingerprint density at radius 3 is 2.24 bits per heavy atom. The summed E-state index contributed by atoms with van der Waals surface area (Å²) in [6.07, 6.45) is 0.762. The van der Waals surface area contributed by atoms with Crippen molar-refractivity contribution in [2.24, 2.45) is 5.14 Å². The molecule has 0 aliphatic carbocycles. The number of carboxylic acids is 1. The number of esters is 2. The third-order valence-electron chi connectivity index (χ3n) is 5.75. The van der Waals surface area contributed by atoms with E-state index in [1.165, 1.54) is 6.92 Å². The van der Waals surface area contributed by atoms with Gasteiger partial charge in [-0.05, 0) is 51.3 Å². The van der Waals surface area contributed by atoms with Crippen molar-refractivity contribution in [2.45, 2.75) is 56.6 Å². The van der Waals surface area contributed by atoms with Gasteiger partial charge in [-0.15, -0.1) is 0 Å². The van der Waals surface area contributed by atoms with Gasteiger partial charge in [0.15, 0.2) is 11.8 Å². The van der Waals surface area contributed by atoms with E-state index >= 15 is 0 Å². The zero-order valence-corrected chi connectivity index (χ0v) is 24.3. The van der Waals surface area contributed by atoms with Gasteiger partial charge in [0.25, 0.3) is 0 Å². The van der Waals surface area contributed by atoms with Crippen molar-refractivity contribution in [3.63, 3.8) is 0 Å². The number of sulfonamides is 1. The third kappa shape index (κ3) is 9.79. The fourth-order valence-electron chi connectivity index (χ4n) is 3.73. The molecule has 0 radical (unpaired) electrons. The number of hydrazine groups is 1. The maximum absolute atomic E-state index is 13.1. The summed E-state index contributed by atoms with van der Waals surface area (Å²) in [6.45, 7) is 4.68. The molecule has 0 amide bonds. The lowest BCUT2D eigenvalue weighted by atomic mass is 10.0. The molecule has 41 heavy (non-hydrogen) atoms. The first-order valence-corrected chi connectivity index (χ1v) is 14.5. The number of Topliss-reactive ketones (excluding diaryl/α,β-unsaturated/α-hetero) is 1. The lowest BCUT2D eigenvalue weighted by molar-refractivity contribution is -0.146. The van der Waals surface area contributed by atoms with Crippen molar-refractivity contribution in [3.05, 3.63) is 58.6 Å². The van der Waals surface area contributed by atoms with Crippen LogP contribution in [-0.2, 0) is 40.3 Å². The first-order valence-electron chi connectivity index (χ1n) is 12.6. The van der Waals surface area contributed by atoms with Crippen LogP contribution in [0.25, 0.3) is 0 Å². The Hall–Kier alpha value is -3.56. The number of primary sulfonamides is 1. The predicted molar refractivity (Wildman–Crippen MR) is 150 cm³/mol. The highest BCUT2D eigenvalue weighted by molar-refractivity contribution is 7.89. The molecule has 0 fully saturated rings. The van der Waals surface area contributed by atoms with Gasteiger partial charge < -0.3 is 20.0 Å². The molecule has 1 unspecified atom stereocenters.